The topological polar surface area (TPSA) is 133 Å². The van der Waals surface area contributed by atoms with E-state index in [-0.39, 0.29) is 24.0 Å². The molecule has 6 rings (SSSR count). The molecule has 0 saturated carbocycles. The Hall–Kier alpha value is -5.27. The van der Waals surface area contributed by atoms with Crippen LogP contribution in [0.5, 0.6) is 17.2 Å². The minimum atomic E-state index is -0.460. The molecule has 14 heteroatoms. The molecule has 48 heavy (non-hydrogen) atoms. The summed E-state index contributed by atoms with van der Waals surface area (Å²) in [7, 11) is 4.75. The highest BCUT2D eigenvalue weighted by atomic mass is 35.5. The van der Waals surface area contributed by atoms with E-state index in [0.29, 0.717) is 39.6 Å². The number of thioether (sulfide) groups is 1. The van der Waals surface area contributed by atoms with Gasteiger partial charge in [0.1, 0.15) is 5.75 Å². The molecule has 1 atom stereocenters. The molecule has 3 aromatic carbocycles. The quantitative estimate of drug-likeness (QED) is 0.158. The van der Waals surface area contributed by atoms with Gasteiger partial charge in [-0.3, -0.25) is 14.2 Å². The van der Waals surface area contributed by atoms with Gasteiger partial charge in [-0.25, -0.2) is 5.01 Å². The fourth-order valence-electron chi connectivity index (χ4n) is 5.34. The number of methoxy groups -OCH3 is 3. The van der Waals surface area contributed by atoms with E-state index >= 15 is 0 Å². The van der Waals surface area contributed by atoms with Crippen molar-refractivity contribution in [1.82, 2.24) is 25.1 Å². The van der Waals surface area contributed by atoms with E-state index in [2.05, 4.69) is 15.5 Å². The molecule has 0 bridgehead atoms. The molecule has 0 aliphatic carbocycles. The van der Waals surface area contributed by atoms with Crippen molar-refractivity contribution in [1.29, 1.82) is 0 Å². The predicted molar refractivity (Wildman–Crippen MR) is 180 cm³/mol. The Morgan fingerprint density at radius 3 is 2.50 bits per heavy atom. The Bertz CT molecular complexity index is 1950. The number of hydrogen-bond acceptors (Lipinski definition) is 10. The predicted octanol–water partition coefficient (Wildman–Crippen LogP) is 5.94. The molecule has 0 fully saturated rings. The zero-order valence-electron chi connectivity index (χ0n) is 26.3. The molecule has 246 valence electrons. The summed E-state index contributed by atoms with van der Waals surface area (Å²) < 4.78 is 23.6. The summed E-state index contributed by atoms with van der Waals surface area (Å²) >= 11 is 7.53. The number of furan rings is 1. The van der Waals surface area contributed by atoms with Gasteiger partial charge in [-0.15, -0.1) is 10.2 Å². The van der Waals surface area contributed by atoms with Crippen LogP contribution in [-0.4, -0.2) is 64.4 Å². The monoisotopic (exact) mass is 686 g/mol. The highest BCUT2D eigenvalue weighted by Gasteiger charge is 2.36. The number of nitrogens with zero attached hydrogens (tertiary/aromatic N) is 5. The average Bonchev–Trinajstić information content (AvgIpc) is 3.90. The molecule has 1 aliphatic heterocycles. The summed E-state index contributed by atoms with van der Waals surface area (Å²) in [5.41, 5.74) is 3.04. The van der Waals surface area contributed by atoms with E-state index in [1.54, 1.807) is 56.2 Å². The van der Waals surface area contributed by atoms with E-state index < -0.39 is 11.9 Å². The number of carbonyl (C=O) groups excluding carboxylic acids is 2. The van der Waals surface area contributed by atoms with Crippen LogP contribution in [0.4, 0.5) is 0 Å². The second-order valence-electron chi connectivity index (χ2n) is 10.5. The Labute approximate surface area is 285 Å². The number of ether oxygens (including phenoxy) is 3. The van der Waals surface area contributed by atoms with Crippen LogP contribution < -0.4 is 19.5 Å². The summed E-state index contributed by atoms with van der Waals surface area (Å²) in [4.78, 5) is 26.6. The summed E-state index contributed by atoms with van der Waals surface area (Å²) in [5.74, 6) is 1.74. The lowest BCUT2D eigenvalue weighted by atomic mass is 9.97. The van der Waals surface area contributed by atoms with Crippen molar-refractivity contribution in [2.45, 2.75) is 24.2 Å². The first-order valence-corrected chi connectivity index (χ1v) is 16.2. The molecule has 1 aliphatic rings. The van der Waals surface area contributed by atoms with Gasteiger partial charge in [-0.05, 0) is 66.2 Å². The fraction of sp³-hybridized carbons (Fsp3) is 0.206. The first-order valence-electron chi connectivity index (χ1n) is 14.8. The van der Waals surface area contributed by atoms with Gasteiger partial charge in [-0.2, -0.15) is 5.10 Å². The molecular formula is C34H31ClN6O6S. The first kappa shape index (κ1) is 32.7. The lowest BCUT2D eigenvalue weighted by molar-refractivity contribution is -0.130. The lowest BCUT2D eigenvalue weighted by Crippen LogP contribution is -2.29. The number of para-hydroxylation sites is 1. The Balaban J connectivity index is 1.29. The molecule has 2 amide bonds. The van der Waals surface area contributed by atoms with Crippen LogP contribution in [0.1, 0.15) is 40.0 Å². The SMILES string of the molecule is COc1ccc(C2=NN(C(=O)CSc3nnc(CNC(=O)c4ccco4)n3-c3cccc(Cl)c3)[C@H](c3cccc(OC)c3OC)C2)cc1. The molecule has 0 unspecified atom stereocenters. The molecule has 12 nitrogen and oxygen atoms in total. The van der Waals surface area contributed by atoms with Crippen molar-refractivity contribution in [3.05, 3.63) is 113 Å². The molecule has 0 saturated heterocycles. The van der Waals surface area contributed by atoms with Gasteiger partial charge in [-0.1, -0.05) is 41.6 Å². The summed E-state index contributed by atoms with van der Waals surface area (Å²) in [5, 5.41) is 18.8. The number of hydrogen-bond donors (Lipinski definition) is 1. The maximum absolute atomic E-state index is 14.0. The highest BCUT2D eigenvalue weighted by molar-refractivity contribution is 7.99. The van der Waals surface area contributed by atoms with Crippen molar-refractivity contribution in [3.63, 3.8) is 0 Å². The van der Waals surface area contributed by atoms with E-state index in [1.807, 2.05) is 48.5 Å². The number of halogens is 1. The van der Waals surface area contributed by atoms with Crippen LogP contribution in [0.3, 0.4) is 0 Å². The Morgan fingerprint density at radius 1 is 0.979 bits per heavy atom. The number of carbonyl (C=O) groups is 2. The van der Waals surface area contributed by atoms with Gasteiger partial charge in [0.2, 0.25) is 0 Å². The fourth-order valence-corrected chi connectivity index (χ4v) is 6.35. The normalized spacial score (nSPS) is 14.0. The first-order chi connectivity index (χ1) is 23.4. The van der Waals surface area contributed by atoms with E-state index in [4.69, 9.17) is 35.3 Å². The maximum atomic E-state index is 14.0. The van der Waals surface area contributed by atoms with Gasteiger partial charge in [0.15, 0.2) is 28.2 Å². The minimum absolute atomic E-state index is 0.0143. The standard InChI is InChI=1S/C34H31ClN6O6S/c1-44-24-14-12-21(13-15-24)26-18-27(25-9-5-10-28(45-2)32(25)46-3)41(39-26)31(42)20-48-34-38-37-30(19-36-33(43)29-11-6-16-47-29)40(34)23-8-4-7-22(35)17-23/h4-17,27H,18-20H2,1-3H3,(H,36,43)/t27-/m0/s1. The largest absolute Gasteiger partial charge is 0.497 e. The third-order valence-corrected chi connectivity index (χ3v) is 8.77. The molecule has 0 spiro atoms. The third-order valence-electron chi connectivity index (χ3n) is 7.63. The van der Waals surface area contributed by atoms with E-state index in [1.165, 1.54) is 23.0 Å². The molecule has 3 heterocycles. The third kappa shape index (κ3) is 6.87. The van der Waals surface area contributed by atoms with E-state index in [0.717, 1.165) is 22.6 Å². The highest BCUT2D eigenvalue weighted by Crippen LogP contribution is 2.42. The van der Waals surface area contributed by atoms with Gasteiger partial charge >= 0.3 is 0 Å². The van der Waals surface area contributed by atoms with Gasteiger partial charge in [0, 0.05) is 17.0 Å². The van der Waals surface area contributed by atoms with Crippen molar-refractivity contribution < 1.29 is 28.2 Å². The summed E-state index contributed by atoms with van der Waals surface area (Å²) in [6.07, 6.45) is 1.87. The molecule has 5 aromatic rings. The molecule has 1 N–H and O–H groups in total. The zero-order valence-corrected chi connectivity index (χ0v) is 27.8. The second-order valence-corrected chi connectivity index (χ2v) is 11.9. The molecule has 0 radical (unpaired) electrons. The smallest absolute Gasteiger partial charge is 0.287 e. The van der Waals surface area contributed by atoms with Gasteiger partial charge in [0.25, 0.3) is 11.8 Å². The van der Waals surface area contributed by atoms with Crippen LogP contribution in [0.2, 0.25) is 5.02 Å². The molecular weight excluding hydrogens is 656 g/mol. The number of aromatic nitrogens is 3. The number of nitrogens with one attached hydrogen (secondary N) is 1. The van der Waals surface area contributed by atoms with Crippen molar-refractivity contribution in [2.75, 3.05) is 27.1 Å². The van der Waals surface area contributed by atoms with Gasteiger partial charge in [0.05, 0.1) is 57.3 Å². The van der Waals surface area contributed by atoms with E-state index in [9.17, 15) is 9.59 Å². The Morgan fingerprint density at radius 2 is 1.79 bits per heavy atom. The van der Waals surface area contributed by atoms with Crippen LogP contribution in [0.15, 0.2) is 99.8 Å². The van der Waals surface area contributed by atoms with Crippen LogP contribution in [0.25, 0.3) is 5.69 Å². The van der Waals surface area contributed by atoms with Crippen LogP contribution in [0, 0.1) is 0 Å². The number of rotatable bonds is 12. The summed E-state index contributed by atoms with van der Waals surface area (Å²) in [6, 6.07) is 23.0. The Kier molecular flexibility index (Phi) is 9.97. The minimum Gasteiger partial charge on any atom is -0.497 e. The van der Waals surface area contributed by atoms with Crippen molar-refractivity contribution in [3.8, 4) is 22.9 Å². The number of hydrazone groups is 1. The summed E-state index contributed by atoms with van der Waals surface area (Å²) in [6.45, 7) is 0.0485. The number of benzene rings is 3. The lowest BCUT2D eigenvalue weighted by Gasteiger charge is -2.24. The average molecular weight is 687 g/mol. The molecule has 2 aromatic heterocycles. The van der Waals surface area contributed by atoms with Crippen LogP contribution in [-0.2, 0) is 11.3 Å². The van der Waals surface area contributed by atoms with Gasteiger partial charge < -0.3 is 23.9 Å². The maximum Gasteiger partial charge on any atom is 0.287 e. The van der Waals surface area contributed by atoms with Crippen molar-refractivity contribution in [2.24, 2.45) is 5.10 Å². The van der Waals surface area contributed by atoms with Crippen molar-refractivity contribution >= 4 is 40.9 Å². The second kappa shape index (κ2) is 14.7. The number of amides is 2. The zero-order chi connectivity index (χ0) is 33.6. The van der Waals surface area contributed by atoms with Crippen LogP contribution >= 0.6 is 23.4 Å².